The molecule has 0 fully saturated rings. The van der Waals surface area contributed by atoms with Gasteiger partial charge in [-0.2, -0.15) is 0 Å². The number of nitro benzene ring substituents is 1. The van der Waals surface area contributed by atoms with Crippen molar-refractivity contribution in [3.8, 4) is 0 Å². The van der Waals surface area contributed by atoms with E-state index < -0.39 is 4.92 Å². The molecule has 0 aliphatic carbocycles. The molecule has 3 aromatic rings. The van der Waals surface area contributed by atoms with Crippen LogP contribution in [0.4, 0.5) is 11.4 Å². The summed E-state index contributed by atoms with van der Waals surface area (Å²) in [4.78, 5) is 30.3. The highest BCUT2D eigenvalue weighted by molar-refractivity contribution is 9.10. The maximum absolute atomic E-state index is 12.8. The second-order valence-electron chi connectivity index (χ2n) is 5.94. The van der Waals surface area contributed by atoms with Gasteiger partial charge in [-0.15, -0.1) is 0 Å². The number of nitrogens with zero attached hydrogens (tertiary/aromatic N) is 4. The number of nitro groups is 1. The number of rotatable bonds is 3. The van der Waals surface area contributed by atoms with Crippen LogP contribution < -0.4 is 19.8 Å². The lowest BCUT2D eigenvalue weighted by molar-refractivity contribution is -0.384. The fraction of sp³-hybridized carbons (Fsp3) is 0.111. The van der Waals surface area contributed by atoms with Crippen molar-refractivity contribution in [1.29, 1.82) is 0 Å². The standard InChI is InChI=1S/C18H13BrN4O3S/c19-13-4-1-3-12(7-13)8-16-17(24)22-11-21(10-20-18(22)27-16)14-5-2-6-15(9-14)23(25)26/h1-9H,10-11H2/b16-8-. The Labute approximate surface area is 165 Å². The van der Waals surface area contributed by atoms with Crippen molar-refractivity contribution >= 4 is 44.7 Å². The Kier molecular flexibility index (Phi) is 4.63. The van der Waals surface area contributed by atoms with Crippen LogP contribution >= 0.6 is 27.3 Å². The van der Waals surface area contributed by atoms with Crippen LogP contribution in [0.25, 0.3) is 6.08 Å². The van der Waals surface area contributed by atoms with Crippen molar-refractivity contribution in [1.82, 2.24) is 4.57 Å². The third-order valence-electron chi connectivity index (χ3n) is 4.13. The zero-order valence-electron chi connectivity index (χ0n) is 13.9. The van der Waals surface area contributed by atoms with Crippen LogP contribution in [0.1, 0.15) is 5.56 Å². The minimum absolute atomic E-state index is 0.0136. The molecule has 0 amide bonds. The highest BCUT2D eigenvalue weighted by atomic mass is 79.9. The number of fused-ring (bicyclic) bond motifs is 1. The maximum atomic E-state index is 12.8. The second kappa shape index (κ2) is 7.09. The number of hydrogen-bond acceptors (Lipinski definition) is 6. The van der Waals surface area contributed by atoms with Crippen LogP contribution in [0.3, 0.4) is 0 Å². The summed E-state index contributed by atoms with van der Waals surface area (Å²) in [7, 11) is 0. The second-order valence-corrected chi connectivity index (χ2v) is 7.86. The minimum Gasteiger partial charge on any atom is -0.333 e. The van der Waals surface area contributed by atoms with Crippen molar-refractivity contribution in [2.45, 2.75) is 6.67 Å². The Hall–Kier alpha value is -2.78. The van der Waals surface area contributed by atoms with Gasteiger partial charge in [0.2, 0.25) is 0 Å². The first-order valence-electron chi connectivity index (χ1n) is 8.02. The Morgan fingerprint density at radius 2 is 2.04 bits per heavy atom. The summed E-state index contributed by atoms with van der Waals surface area (Å²) in [5.74, 6) is 0. The molecule has 1 aliphatic heterocycles. The van der Waals surface area contributed by atoms with Crippen LogP contribution in [0, 0.1) is 10.1 Å². The largest absolute Gasteiger partial charge is 0.333 e. The molecule has 0 saturated carbocycles. The van der Waals surface area contributed by atoms with Gasteiger partial charge < -0.3 is 4.90 Å². The molecule has 1 aliphatic rings. The first kappa shape index (κ1) is 17.6. The average Bonchev–Trinajstić information content (AvgIpc) is 2.97. The SMILES string of the molecule is O=c1/c(=C/c2cccc(Br)c2)sc2n1CN(c1cccc([N+](=O)[O-])c1)CN=2. The third kappa shape index (κ3) is 3.56. The lowest BCUT2D eigenvalue weighted by Crippen LogP contribution is -2.42. The van der Waals surface area contributed by atoms with E-state index in [1.165, 1.54) is 23.5 Å². The predicted octanol–water partition coefficient (Wildman–Crippen LogP) is 2.46. The summed E-state index contributed by atoms with van der Waals surface area (Å²) in [6.07, 6.45) is 1.84. The third-order valence-corrected chi connectivity index (χ3v) is 5.67. The predicted molar refractivity (Wildman–Crippen MR) is 108 cm³/mol. The van der Waals surface area contributed by atoms with E-state index in [4.69, 9.17) is 0 Å². The van der Waals surface area contributed by atoms with Crippen LogP contribution in [0.5, 0.6) is 0 Å². The van der Waals surface area contributed by atoms with Crippen molar-refractivity contribution in [2.24, 2.45) is 4.99 Å². The summed E-state index contributed by atoms with van der Waals surface area (Å²) in [5.41, 5.74) is 1.49. The Morgan fingerprint density at radius 3 is 2.81 bits per heavy atom. The normalized spacial score (nSPS) is 14.0. The highest BCUT2D eigenvalue weighted by Crippen LogP contribution is 2.21. The summed E-state index contributed by atoms with van der Waals surface area (Å²) < 4.78 is 3.14. The molecule has 2 aromatic carbocycles. The molecule has 0 atom stereocenters. The van der Waals surface area contributed by atoms with Crippen LogP contribution in [0.15, 0.2) is 62.8 Å². The van der Waals surface area contributed by atoms with Crippen molar-refractivity contribution in [3.63, 3.8) is 0 Å². The van der Waals surface area contributed by atoms with Gasteiger partial charge in [-0.3, -0.25) is 19.5 Å². The molecule has 1 aromatic heterocycles. The van der Waals surface area contributed by atoms with Gasteiger partial charge in [0.05, 0.1) is 9.46 Å². The quantitative estimate of drug-likeness (QED) is 0.458. The topological polar surface area (TPSA) is 80.7 Å². The van der Waals surface area contributed by atoms with E-state index >= 15 is 0 Å². The smallest absolute Gasteiger partial charge is 0.271 e. The Morgan fingerprint density at radius 1 is 1.22 bits per heavy atom. The summed E-state index contributed by atoms with van der Waals surface area (Å²) in [5, 5.41) is 11.0. The number of halogens is 1. The fourth-order valence-electron chi connectivity index (χ4n) is 2.83. The molecule has 27 heavy (non-hydrogen) atoms. The van der Waals surface area contributed by atoms with Gasteiger partial charge in [0.15, 0.2) is 4.80 Å². The van der Waals surface area contributed by atoms with E-state index in [1.54, 1.807) is 16.7 Å². The molecule has 0 spiro atoms. The Balaban J connectivity index is 1.70. The van der Waals surface area contributed by atoms with Crippen LogP contribution in [-0.4, -0.2) is 16.2 Å². The molecule has 0 saturated heterocycles. The summed E-state index contributed by atoms with van der Waals surface area (Å²) in [6, 6.07) is 14.1. The number of benzene rings is 2. The molecule has 0 radical (unpaired) electrons. The van der Waals surface area contributed by atoms with E-state index in [-0.39, 0.29) is 11.2 Å². The van der Waals surface area contributed by atoms with E-state index in [0.29, 0.717) is 28.4 Å². The molecule has 136 valence electrons. The molecule has 0 bridgehead atoms. The highest BCUT2D eigenvalue weighted by Gasteiger charge is 2.17. The number of hydrogen-bond donors (Lipinski definition) is 0. The van der Waals surface area contributed by atoms with Gasteiger partial charge in [0.25, 0.3) is 11.2 Å². The van der Waals surface area contributed by atoms with Gasteiger partial charge in [0, 0.05) is 22.3 Å². The van der Waals surface area contributed by atoms with Crippen molar-refractivity contribution in [2.75, 3.05) is 11.6 Å². The minimum atomic E-state index is -0.433. The number of thiazole rings is 1. The lowest BCUT2D eigenvalue weighted by atomic mass is 10.2. The number of aromatic nitrogens is 1. The van der Waals surface area contributed by atoms with Gasteiger partial charge in [0.1, 0.15) is 13.3 Å². The number of non-ortho nitro benzene ring substituents is 1. The van der Waals surface area contributed by atoms with E-state index in [9.17, 15) is 14.9 Å². The molecular formula is C18H13BrN4O3S. The van der Waals surface area contributed by atoms with Crippen LogP contribution in [0.2, 0.25) is 0 Å². The first-order chi connectivity index (χ1) is 13.0. The molecule has 0 unspecified atom stereocenters. The molecule has 2 heterocycles. The van der Waals surface area contributed by atoms with Crippen molar-refractivity contribution in [3.05, 3.63) is 88.4 Å². The summed E-state index contributed by atoms with van der Waals surface area (Å²) >= 11 is 4.77. The molecule has 4 rings (SSSR count). The van der Waals surface area contributed by atoms with Gasteiger partial charge in [-0.1, -0.05) is 45.5 Å². The van der Waals surface area contributed by atoms with Gasteiger partial charge in [-0.25, -0.2) is 4.99 Å². The number of anilines is 1. The molecule has 0 N–H and O–H groups in total. The van der Waals surface area contributed by atoms with E-state index in [2.05, 4.69) is 20.9 Å². The molecule has 9 heteroatoms. The molecular weight excluding hydrogens is 432 g/mol. The first-order valence-corrected chi connectivity index (χ1v) is 9.63. The lowest BCUT2D eigenvalue weighted by Gasteiger charge is -2.25. The zero-order chi connectivity index (χ0) is 19.0. The zero-order valence-corrected chi connectivity index (χ0v) is 16.3. The Bertz CT molecular complexity index is 1220. The van der Waals surface area contributed by atoms with Crippen molar-refractivity contribution < 1.29 is 4.92 Å². The summed E-state index contributed by atoms with van der Waals surface area (Å²) in [6.45, 7) is 0.652. The van der Waals surface area contributed by atoms with E-state index in [0.717, 1.165) is 10.0 Å². The van der Waals surface area contributed by atoms with E-state index in [1.807, 2.05) is 35.2 Å². The monoisotopic (exact) mass is 444 g/mol. The fourth-order valence-corrected chi connectivity index (χ4v) is 4.21. The van der Waals surface area contributed by atoms with Crippen LogP contribution in [-0.2, 0) is 6.67 Å². The van der Waals surface area contributed by atoms with Gasteiger partial charge >= 0.3 is 0 Å². The average molecular weight is 445 g/mol. The molecule has 7 nitrogen and oxygen atoms in total. The van der Waals surface area contributed by atoms with Gasteiger partial charge in [-0.05, 0) is 29.8 Å². The maximum Gasteiger partial charge on any atom is 0.271 e.